The van der Waals surface area contributed by atoms with Crippen LogP contribution in [0.2, 0.25) is 0 Å². The van der Waals surface area contributed by atoms with Gasteiger partial charge in [-0.15, -0.1) is 0 Å². The van der Waals surface area contributed by atoms with Crippen LogP contribution in [0.1, 0.15) is 16.8 Å². The van der Waals surface area contributed by atoms with Crippen molar-refractivity contribution in [2.75, 3.05) is 7.11 Å². The zero-order valence-corrected chi connectivity index (χ0v) is 10.3. The van der Waals surface area contributed by atoms with Crippen LogP contribution in [0.15, 0.2) is 36.5 Å². The van der Waals surface area contributed by atoms with Gasteiger partial charge in [0, 0.05) is 25.0 Å². The van der Waals surface area contributed by atoms with Gasteiger partial charge in [-0.1, -0.05) is 6.07 Å². The van der Waals surface area contributed by atoms with E-state index < -0.39 is 0 Å². The summed E-state index contributed by atoms with van der Waals surface area (Å²) in [6.07, 6.45) is 1.98. The summed E-state index contributed by atoms with van der Waals surface area (Å²) >= 11 is 0. The number of nitrogens with zero attached hydrogens (tertiary/aromatic N) is 2. The van der Waals surface area contributed by atoms with E-state index in [9.17, 15) is 0 Å². The summed E-state index contributed by atoms with van der Waals surface area (Å²) in [4.78, 5) is 0. The maximum atomic E-state index is 9.04. The van der Waals surface area contributed by atoms with Gasteiger partial charge in [-0.2, -0.15) is 5.26 Å². The van der Waals surface area contributed by atoms with Crippen molar-refractivity contribution in [2.45, 2.75) is 13.1 Å². The number of nitriles is 1. The summed E-state index contributed by atoms with van der Waals surface area (Å²) in [7, 11) is 1.56. The second-order valence-corrected chi connectivity index (χ2v) is 3.98. The van der Waals surface area contributed by atoms with Crippen LogP contribution in [0.3, 0.4) is 0 Å². The van der Waals surface area contributed by atoms with E-state index in [1.807, 2.05) is 36.5 Å². The van der Waals surface area contributed by atoms with Gasteiger partial charge in [0.05, 0.1) is 12.7 Å². The molecule has 2 N–H and O–H groups in total. The van der Waals surface area contributed by atoms with Crippen LogP contribution >= 0.6 is 0 Å². The van der Waals surface area contributed by atoms with Crippen LogP contribution in [-0.4, -0.2) is 11.7 Å². The fraction of sp³-hybridized carbons (Fsp3) is 0.214. The highest BCUT2D eigenvalue weighted by Crippen LogP contribution is 2.19. The van der Waals surface area contributed by atoms with E-state index in [1.54, 1.807) is 7.11 Å². The molecule has 0 saturated carbocycles. The minimum atomic E-state index is 0.508. The predicted molar refractivity (Wildman–Crippen MR) is 69.1 cm³/mol. The van der Waals surface area contributed by atoms with E-state index in [0.29, 0.717) is 24.4 Å². The molecule has 0 atom stereocenters. The largest absolute Gasteiger partial charge is 0.495 e. The van der Waals surface area contributed by atoms with Crippen molar-refractivity contribution in [1.82, 2.24) is 4.57 Å². The molecule has 0 unspecified atom stereocenters. The molecule has 92 valence electrons. The molecule has 2 rings (SSSR count). The third kappa shape index (κ3) is 2.36. The van der Waals surface area contributed by atoms with Gasteiger partial charge in [0.2, 0.25) is 0 Å². The van der Waals surface area contributed by atoms with Crippen molar-refractivity contribution in [2.24, 2.45) is 5.73 Å². The van der Waals surface area contributed by atoms with Gasteiger partial charge >= 0.3 is 0 Å². The van der Waals surface area contributed by atoms with E-state index in [1.165, 1.54) is 0 Å². The van der Waals surface area contributed by atoms with E-state index in [4.69, 9.17) is 15.7 Å². The summed E-state index contributed by atoms with van der Waals surface area (Å²) in [5.41, 5.74) is 8.34. The predicted octanol–water partition coefficient (Wildman–Crippen LogP) is 1.88. The van der Waals surface area contributed by atoms with Crippen LogP contribution in [0, 0.1) is 11.3 Å². The van der Waals surface area contributed by atoms with Crippen molar-refractivity contribution in [3.05, 3.63) is 53.3 Å². The number of rotatable bonds is 4. The molecule has 0 aliphatic carbocycles. The zero-order valence-electron chi connectivity index (χ0n) is 10.3. The molecule has 0 fully saturated rings. The van der Waals surface area contributed by atoms with Crippen molar-refractivity contribution < 1.29 is 4.74 Å². The Bertz CT molecular complexity index is 581. The van der Waals surface area contributed by atoms with Gasteiger partial charge in [-0.3, -0.25) is 0 Å². The number of benzene rings is 1. The fourth-order valence-electron chi connectivity index (χ4n) is 1.93. The van der Waals surface area contributed by atoms with Gasteiger partial charge in [0.1, 0.15) is 11.8 Å². The van der Waals surface area contributed by atoms with Gasteiger partial charge in [-0.25, -0.2) is 0 Å². The summed E-state index contributed by atoms with van der Waals surface area (Å²) in [6, 6.07) is 11.7. The van der Waals surface area contributed by atoms with E-state index in [-0.39, 0.29) is 0 Å². The first kappa shape index (κ1) is 12.2. The van der Waals surface area contributed by atoms with Crippen LogP contribution in [0.4, 0.5) is 0 Å². The first-order chi connectivity index (χ1) is 8.78. The second-order valence-electron chi connectivity index (χ2n) is 3.98. The Morgan fingerprint density at radius 3 is 2.89 bits per heavy atom. The number of hydrogen-bond donors (Lipinski definition) is 1. The first-order valence-electron chi connectivity index (χ1n) is 5.69. The summed E-state index contributed by atoms with van der Waals surface area (Å²) in [5.74, 6) is 0.604. The van der Waals surface area contributed by atoms with E-state index in [0.717, 1.165) is 11.3 Å². The highest BCUT2D eigenvalue weighted by Gasteiger charge is 2.05. The molecule has 0 saturated heterocycles. The highest BCUT2D eigenvalue weighted by atomic mass is 16.5. The summed E-state index contributed by atoms with van der Waals surface area (Å²) in [6.45, 7) is 1.21. The van der Waals surface area contributed by atoms with Crippen LogP contribution in [-0.2, 0) is 13.1 Å². The van der Waals surface area contributed by atoms with Crippen LogP contribution in [0.25, 0.3) is 0 Å². The van der Waals surface area contributed by atoms with Crippen molar-refractivity contribution >= 4 is 0 Å². The Kier molecular flexibility index (Phi) is 3.66. The normalized spacial score (nSPS) is 10.1. The molecule has 2 aromatic rings. The Labute approximate surface area is 106 Å². The number of methoxy groups -OCH3 is 1. The lowest BCUT2D eigenvalue weighted by atomic mass is 10.1. The van der Waals surface area contributed by atoms with Crippen molar-refractivity contribution in [3.8, 4) is 11.8 Å². The molecular formula is C14H15N3O. The fourth-order valence-corrected chi connectivity index (χ4v) is 1.93. The SMILES string of the molecule is COc1ccc(Cn2cccc2CN)cc1C#N. The number of nitrogens with two attached hydrogens (primary N) is 1. The maximum absolute atomic E-state index is 9.04. The third-order valence-corrected chi connectivity index (χ3v) is 2.87. The van der Waals surface area contributed by atoms with E-state index in [2.05, 4.69) is 10.6 Å². The zero-order chi connectivity index (χ0) is 13.0. The molecule has 0 spiro atoms. The molecule has 0 aliphatic heterocycles. The van der Waals surface area contributed by atoms with Crippen LogP contribution < -0.4 is 10.5 Å². The lowest BCUT2D eigenvalue weighted by molar-refractivity contribution is 0.413. The quantitative estimate of drug-likeness (QED) is 0.888. The smallest absolute Gasteiger partial charge is 0.136 e. The standard InChI is InChI=1S/C14H15N3O/c1-18-14-5-4-11(7-12(14)8-15)10-17-6-2-3-13(17)9-16/h2-7H,9-10,16H2,1H3. The van der Waals surface area contributed by atoms with Gasteiger partial charge < -0.3 is 15.0 Å². The Hall–Kier alpha value is -2.25. The van der Waals surface area contributed by atoms with Gasteiger partial charge in [-0.05, 0) is 29.8 Å². The molecule has 0 bridgehead atoms. The lowest BCUT2D eigenvalue weighted by Gasteiger charge is -2.09. The monoisotopic (exact) mass is 241 g/mol. The minimum absolute atomic E-state index is 0.508. The Morgan fingerprint density at radius 2 is 2.22 bits per heavy atom. The molecule has 0 radical (unpaired) electrons. The summed E-state index contributed by atoms with van der Waals surface area (Å²) in [5, 5.41) is 9.04. The first-order valence-corrected chi connectivity index (χ1v) is 5.69. The van der Waals surface area contributed by atoms with Crippen LogP contribution in [0.5, 0.6) is 5.75 Å². The number of aromatic nitrogens is 1. The molecule has 4 heteroatoms. The average molecular weight is 241 g/mol. The van der Waals surface area contributed by atoms with Gasteiger partial charge in [0.15, 0.2) is 0 Å². The summed E-state index contributed by atoms with van der Waals surface area (Å²) < 4.78 is 7.19. The third-order valence-electron chi connectivity index (χ3n) is 2.87. The molecule has 18 heavy (non-hydrogen) atoms. The number of hydrogen-bond acceptors (Lipinski definition) is 3. The topological polar surface area (TPSA) is 64.0 Å². The highest BCUT2D eigenvalue weighted by molar-refractivity contribution is 5.45. The van der Waals surface area contributed by atoms with E-state index >= 15 is 0 Å². The Morgan fingerprint density at radius 1 is 1.39 bits per heavy atom. The molecule has 1 heterocycles. The molecular weight excluding hydrogens is 226 g/mol. The van der Waals surface area contributed by atoms with Crippen molar-refractivity contribution in [3.63, 3.8) is 0 Å². The Balaban J connectivity index is 2.28. The lowest BCUT2D eigenvalue weighted by Crippen LogP contribution is -2.07. The molecule has 4 nitrogen and oxygen atoms in total. The molecule has 1 aromatic carbocycles. The van der Waals surface area contributed by atoms with Crippen molar-refractivity contribution in [1.29, 1.82) is 5.26 Å². The maximum Gasteiger partial charge on any atom is 0.136 e. The second kappa shape index (κ2) is 5.39. The molecule has 0 aliphatic rings. The van der Waals surface area contributed by atoms with Gasteiger partial charge in [0.25, 0.3) is 0 Å². The minimum Gasteiger partial charge on any atom is -0.495 e. The number of ether oxygens (including phenoxy) is 1. The molecule has 1 aromatic heterocycles. The average Bonchev–Trinajstić information content (AvgIpc) is 2.85. The molecule has 0 amide bonds.